The number of benzene rings is 2. The van der Waals surface area contributed by atoms with Gasteiger partial charge in [0.05, 0.1) is 24.6 Å². The Kier molecular flexibility index (Phi) is 14.3. The number of para-hydroxylation sites is 1. The molecule has 45 heavy (non-hydrogen) atoms. The summed E-state index contributed by atoms with van der Waals surface area (Å²) < 4.78 is 83.8. The van der Waals surface area contributed by atoms with Crippen LogP contribution in [0.5, 0.6) is 11.5 Å². The highest BCUT2D eigenvalue weighted by Crippen LogP contribution is 2.55. The third-order valence-electron chi connectivity index (χ3n) is 5.56. The van der Waals surface area contributed by atoms with E-state index in [1.165, 1.54) is 0 Å². The van der Waals surface area contributed by atoms with Crippen molar-refractivity contribution in [3.05, 3.63) is 60.2 Å². The molecule has 1 atom stereocenters. The lowest BCUT2D eigenvalue weighted by Crippen LogP contribution is -2.26. The average Bonchev–Trinajstić information content (AvgIpc) is 2.92. The van der Waals surface area contributed by atoms with E-state index in [2.05, 4.69) is 0 Å². The quantitative estimate of drug-likeness (QED) is 0.0821. The largest absolute Gasteiger partial charge is 0.510 e. The van der Waals surface area contributed by atoms with Crippen LogP contribution in [0.2, 0.25) is 0 Å². The zero-order valence-electron chi connectivity index (χ0n) is 26.4. The molecule has 2 rings (SSSR count). The summed E-state index contributed by atoms with van der Waals surface area (Å²) in [5, 5.41) is 0. The van der Waals surface area contributed by atoms with Crippen molar-refractivity contribution in [2.75, 3.05) is 32.6 Å². The highest BCUT2D eigenvalue weighted by molar-refractivity contribution is 7.86. The summed E-state index contributed by atoms with van der Waals surface area (Å²) in [4.78, 5) is 24.0. The standard InChI is InChI=1S/C30H43O13PS/c1-29(2,3)19-37-27(31)39-21-41-44(33,42-22-40-28(32)38-20-30(4,5)6)26(18-45(34,35)36)16-15-23-11-10-14-25(17-23)43-24-12-8-7-9-13-24/h7-14,17,26H,15-16,18-22H2,1-6H3,(H,34,35,36). The number of aryl methyl sites for hydroxylation is 1. The summed E-state index contributed by atoms with van der Waals surface area (Å²) in [6.07, 6.45) is -2.25. The first kappa shape index (κ1) is 38.0. The molecule has 1 N–H and O–H groups in total. The van der Waals surface area contributed by atoms with Crippen LogP contribution in [-0.2, 0) is 49.1 Å². The molecule has 0 fully saturated rings. The molecule has 0 heterocycles. The van der Waals surface area contributed by atoms with Crippen molar-refractivity contribution in [1.29, 1.82) is 0 Å². The number of rotatable bonds is 16. The molecule has 2 aromatic rings. The van der Waals surface area contributed by atoms with Gasteiger partial charge in [-0.25, -0.2) is 9.59 Å². The van der Waals surface area contributed by atoms with Gasteiger partial charge in [0.25, 0.3) is 10.1 Å². The molecular formula is C30H43O13PS. The Hall–Kier alpha value is -3.16. The minimum atomic E-state index is -4.71. The van der Waals surface area contributed by atoms with E-state index < -0.39 is 55.0 Å². The monoisotopic (exact) mass is 674 g/mol. The Balaban J connectivity index is 2.20. The molecule has 1 unspecified atom stereocenters. The van der Waals surface area contributed by atoms with Crippen LogP contribution < -0.4 is 4.74 Å². The van der Waals surface area contributed by atoms with E-state index in [0.717, 1.165) is 0 Å². The maximum absolute atomic E-state index is 14.0. The Morgan fingerprint density at radius 3 is 1.78 bits per heavy atom. The normalized spacial score (nSPS) is 13.0. The fraction of sp³-hybridized carbons (Fsp3) is 0.533. The second-order valence-corrected chi connectivity index (χ2v) is 16.3. The summed E-state index contributed by atoms with van der Waals surface area (Å²) in [6, 6.07) is 16.0. The average molecular weight is 675 g/mol. The summed E-state index contributed by atoms with van der Waals surface area (Å²) >= 11 is 0. The van der Waals surface area contributed by atoms with Crippen molar-refractivity contribution < 1.29 is 59.9 Å². The molecule has 0 aliphatic rings. The molecular weight excluding hydrogens is 631 g/mol. The molecule has 13 nitrogen and oxygen atoms in total. The van der Waals surface area contributed by atoms with Gasteiger partial charge in [-0.15, -0.1) is 0 Å². The molecule has 0 aliphatic heterocycles. The van der Waals surface area contributed by atoms with Gasteiger partial charge in [0.2, 0.25) is 13.6 Å². The first-order chi connectivity index (χ1) is 20.8. The van der Waals surface area contributed by atoms with Crippen molar-refractivity contribution >= 4 is 30.0 Å². The van der Waals surface area contributed by atoms with Crippen molar-refractivity contribution in [1.82, 2.24) is 0 Å². The Morgan fingerprint density at radius 2 is 1.29 bits per heavy atom. The third-order valence-corrected chi connectivity index (χ3v) is 8.90. The summed E-state index contributed by atoms with van der Waals surface area (Å²) in [5.41, 5.74) is -1.52. The van der Waals surface area contributed by atoms with Gasteiger partial charge in [-0.3, -0.25) is 18.2 Å². The maximum atomic E-state index is 14.0. The van der Waals surface area contributed by atoms with Crippen molar-refractivity contribution in [3.8, 4) is 11.5 Å². The Labute approximate surface area is 264 Å². The zero-order chi connectivity index (χ0) is 33.7. The van der Waals surface area contributed by atoms with Crippen LogP contribution >= 0.6 is 7.60 Å². The van der Waals surface area contributed by atoms with Crippen LogP contribution in [0.25, 0.3) is 0 Å². The SMILES string of the molecule is CC(C)(C)COC(=O)OCOP(=O)(OCOC(=O)OCC(C)(C)C)C(CCc1cccc(Oc2ccccc2)c1)CS(=O)(=O)O. The van der Waals surface area contributed by atoms with Gasteiger partial charge in [0.1, 0.15) is 11.5 Å². The number of hydrogen-bond donors (Lipinski definition) is 1. The third kappa shape index (κ3) is 16.6. The van der Waals surface area contributed by atoms with Crippen LogP contribution in [0.15, 0.2) is 54.6 Å². The van der Waals surface area contributed by atoms with Gasteiger partial charge in [0, 0.05) is 0 Å². The van der Waals surface area contributed by atoms with E-state index in [1.54, 1.807) is 36.4 Å². The summed E-state index contributed by atoms with van der Waals surface area (Å²) in [7, 11) is -9.30. The molecule has 252 valence electrons. The maximum Gasteiger partial charge on any atom is 0.510 e. The molecule has 0 bridgehead atoms. The van der Waals surface area contributed by atoms with E-state index in [0.29, 0.717) is 17.1 Å². The number of carbonyl (C=O) groups is 2. The lowest BCUT2D eigenvalue weighted by atomic mass is 9.99. The molecule has 0 saturated carbocycles. The lowest BCUT2D eigenvalue weighted by molar-refractivity contribution is -0.0310. The van der Waals surface area contributed by atoms with Crippen molar-refractivity contribution in [3.63, 3.8) is 0 Å². The second kappa shape index (κ2) is 17.0. The van der Waals surface area contributed by atoms with Crippen LogP contribution in [0.1, 0.15) is 53.5 Å². The predicted octanol–water partition coefficient (Wildman–Crippen LogP) is 7.21. The summed E-state index contributed by atoms with van der Waals surface area (Å²) in [6.45, 7) is 9.11. The predicted molar refractivity (Wildman–Crippen MR) is 165 cm³/mol. The van der Waals surface area contributed by atoms with Crippen molar-refractivity contribution in [2.24, 2.45) is 10.8 Å². The minimum absolute atomic E-state index is 0.0168. The first-order valence-electron chi connectivity index (χ1n) is 14.1. The lowest BCUT2D eigenvalue weighted by Gasteiger charge is -2.26. The fourth-order valence-corrected chi connectivity index (χ4v) is 6.77. The molecule has 2 aromatic carbocycles. The van der Waals surface area contributed by atoms with Crippen LogP contribution in [-0.4, -0.2) is 63.5 Å². The van der Waals surface area contributed by atoms with E-state index in [1.807, 2.05) is 59.7 Å². The Bertz CT molecular complexity index is 1340. The smallest absolute Gasteiger partial charge is 0.457 e. The molecule has 15 heteroatoms. The van der Waals surface area contributed by atoms with Gasteiger partial charge in [-0.2, -0.15) is 8.42 Å². The van der Waals surface area contributed by atoms with E-state index in [9.17, 15) is 27.1 Å². The number of carbonyl (C=O) groups excluding carboxylic acids is 2. The van der Waals surface area contributed by atoms with Crippen molar-refractivity contribution in [2.45, 2.75) is 60.0 Å². The van der Waals surface area contributed by atoms with Gasteiger partial charge in [0.15, 0.2) is 0 Å². The zero-order valence-corrected chi connectivity index (χ0v) is 28.1. The minimum Gasteiger partial charge on any atom is -0.457 e. The highest BCUT2D eigenvalue weighted by Gasteiger charge is 2.40. The molecule has 0 radical (unpaired) electrons. The van der Waals surface area contributed by atoms with Crippen LogP contribution in [0.4, 0.5) is 9.59 Å². The van der Waals surface area contributed by atoms with E-state index >= 15 is 0 Å². The van der Waals surface area contributed by atoms with E-state index in [-0.39, 0.29) is 36.9 Å². The molecule has 0 spiro atoms. The van der Waals surface area contributed by atoms with Crippen LogP contribution in [0, 0.1) is 10.8 Å². The summed E-state index contributed by atoms with van der Waals surface area (Å²) in [5.74, 6) is 0.0743. The topological polar surface area (TPSA) is 170 Å². The van der Waals surface area contributed by atoms with Gasteiger partial charge >= 0.3 is 19.9 Å². The van der Waals surface area contributed by atoms with Crippen LogP contribution in [0.3, 0.4) is 0 Å². The molecule has 0 amide bonds. The molecule has 0 saturated heterocycles. The second-order valence-electron chi connectivity index (χ2n) is 12.5. The van der Waals surface area contributed by atoms with Gasteiger partial charge < -0.3 is 23.7 Å². The molecule has 0 aliphatic carbocycles. The molecule has 0 aromatic heterocycles. The number of hydrogen-bond acceptors (Lipinski definition) is 12. The first-order valence-corrected chi connectivity index (χ1v) is 17.3. The Morgan fingerprint density at radius 1 is 0.778 bits per heavy atom. The number of ether oxygens (including phenoxy) is 5. The van der Waals surface area contributed by atoms with Gasteiger partial charge in [-0.05, 0) is 53.5 Å². The highest BCUT2D eigenvalue weighted by atomic mass is 32.2. The fourth-order valence-electron chi connectivity index (χ4n) is 3.48. The van der Waals surface area contributed by atoms with Gasteiger partial charge in [-0.1, -0.05) is 71.9 Å². The van der Waals surface area contributed by atoms with E-state index in [4.69, 9.17) is 32.7 Å².